The van der Waals surface area contributed by atoms with Crippen molar-refractivity contribution in [2.75, 3.05) is 13.2 Å². The van der Waals surface area contributed by atoms with Crippen molar-refractivity contribution in [1.82, 2.24) is 5.32 Å². The second-order valence-electron chi connectivity index (χ2n) is 4.72. The van der Waals surface area contributed by atoms with Gasteiger partial charge in [0.25, 0.3) is 5.91 Å². The molecule has 1 amide bonds. The van der Waals surface area contributed by atoms with E-state index in [2.05, 4.69) is 5.32 Å². The van der Waals surface area contributed by atoms with Crippen molar-refractivity contribution in [2.45, 2.75) is 25.3 Å². The molecule has 1 unspecified atom stereocenters. The number of carboxylic acids is 1. The summed E-state index contributed by atoms with van der Waals surface area (Å²) in [5, 5.41) is 11.2. The van der Waals surface area contributed by atoms with Crippen LogP contribution in [0.3, 0.4) is 0 Å². The van der Waals surface area contributed by atoms with Crippen LogP contribution in [0.1, 0.15) is 35.2 Å². The van der Waals surface area contributed by atoms with Gasteiger partial charge in [-0.15, -0.1) is 0 Å². The van der Waals surface area contributed by atoms with Gasteiger partial charge in [-0.2, -0.15) is 0 Å². The lowest BCUT2D eigenvalue weighted by molar-refractivity contribution is -0.138. The van der Waals surface area contributed by atoms with Gasteiger partial charge < -0.3 is 15.2 Å². The molecule has 2 N–H and O–H groups in total. The molecule has 0 aliphatic carbocycles. The normalized spacial score (nSPS) is 19.9. The Bertz CT molecular complexity index is 480. The number of rotatable bonds is 4. The van der Waals surface area contributed by atoms with Crippen LogP contribution in [0, 0.1) is 0 Å². The van der Waals surface area contributed by atoms with Crippen molar-refractivity contribution < 1.29 is 19.4 Å². The van der Waals surface area contributed by atoms with Gasteiger partial charge in [-0.3, -0.25) is 9.59 Å². The lowest BCUT2D eigenvalue weighted by Gasteiger charge is -2.12. The third-order valence-electron chi connectivity index (χ3n) is 3.27. The third-order valence-corrected chi connectivity index (χ3v) is 3.27. The number of benzene rings is 1. The molecule has 0 saturated carbocycles. The van der Waals surface area contributed by atoms with Gasteiger partial charge in [0.05, 0.1) is 6.61 Å². The summed E-state index contributed by atoms with van der Waals surface area (Å²) in [7, 11) is 0. The molecular formula is C14H17NO4. The highest BCUT2D eigenvalue weighted by Gasteiger charge is 2.20. The lowest BCUT2D eigenvalue weighted by atomic mass is 9.96. The van der Waals surface area contributed by atoms with Gasteiger partial charge >= 0.3 is 5.97 Å². The van der Waals surface area contributed by atoms with E-state index in [1.807, 2.05) is 18.2 Å². The van der Waals surface area contributed by atoms with E-state index in [0.29, 0.717) is 18.1 Å². The predicted molar refractivity (Wildman–Crippen MR) is 69.2 cm³/mol. The first kappa shape index (κ1) is 13.5. The summed E-state index contributed by atoms with van der Waals surface area (Å²) in [6.07, 6.45) is 0.955. The number of ether oxygens (including phenoxy) is 1. The Hall–Kier alpha value is -1.88. The maximum absolute atomic E-state index is 11.9. The largest absolute Gasteiger partial charge is 0.480 e. The summed E-state index contributed by atoms with van der Waals surface area (Å²) < 4.78 is 5.33. The van der Waals surface area contributed by atoms with Crippen molar-refractivity contribution >= 4 is 11.9 Å². The van der Waals surface area contributed by atoms with Crippen LogP contribution in [-0.2, 0) is 9.53 Å². The Labute approximate surface area is 111 Å². The zero-order chi connectivity index (χ0) is 13.8. The Morgan fingerprint density at radius 3 is 2.89 bits per heavy atom. The summed E-state index contributed by atoms with van der Waals surface area (Å²) in [4.78, 5) is 22.6. The first-order valence-electron chi connectivity index (χ1n) is 6.29. The van der Waals surface area contributed by atoms with Crippen molar-refractivity contribution in [3.8, 4) is 0 Å². The summed E-state index contributed by atoms with van der Waals surface area (Å²) in [5.41, 5.74) is 1.55. The quantitative estimate of drug-likeness (QED) is 0.860. The van der Waals surface area contributed by atoms with Crippen LogP contribution in [0.2, 0.25) is 0 Å². The van der Waals surface area contributed by atoms with Crippen LogP contribution in [0.15, 0.2) is 24.3 Å². The van der Waals surface area contributed by atoms with Gasteiger partial charge in [-0.1, -0.05) is 12.1 Å². The lowest BCUT2D eigenvalue weighted by Crippen LogP contribution is -2.38. The second kappa shape index (κ2) is 5.84. The average molecular weight is 263 g/mol. The predicted octanol–water partition coefficient (Wildman–Crippen LogP) is 1.39. The molecule has 1 aliphatic rings. The van der Waals surface area contributed by atoms with E-state index in [1.165, 1.54) is 6.92 Å². The van der Waals surface area contributed by atoms with Crippen LogP contribution in [-0.4, -0.2) is 36.2 Å². The molecular weight excluding hydrogens is 246 g/mol. The minimum Gasteiger partial charge on any atom is -0.480 e. The van der Waals surface area contributed by atoms with E-state index in [4.69, 9.17) is 9.84 Å². The molecule has 5 nitrogen and oxygen atoms in total. The zero-order valence-corrected chi connectivity index (χ0v) is 10.8. The molecule has 19 heavy (non-hydrogen) atoms. The number of hydrogen-bond donors (Lipinski definition) is 2. The van der Waals surface area contributed by atoms with Gasteiger partial charge in [-0.25, -0.2) is 0 Å². The molecule has 2 atom stereocenters. The minimum absolute atomic E-state index is 0.324. The van der Waals surface area contributed by atoms with Gasteiger partial charge in [-0.05, 0) is 31.0 Å². The minimum atomic E-state index is -1.05. The molecule has 0 spiro atoms. The van der Waals surface area contributed by atoms with Crippen molar-refractivity contribution in [2.24, 2.45) is 0 Å². The number of carbonyl (C=O) groups is 2. The molecule has 1 aromatic rings. The number of aliphatic carboxylic acids is 1. The van der Waals surface area contributed by atoms with E-state index in [9.17, 15) is 9.59 Å². The Balaban J connectivity index is 2.09. The van der Waals surface area contributed by atoms with E-state index in [0.717, 1.165) is 18.6 Å². The Morgan fingerprint density at radius 2 is 2.26 bits per heavy atom. The van der Waals surface area contributed by atoms with E-state index < -0.39 is 12.0 Å². The molecule has 2 rings (SSSR count). The average Bonchev–Trinajstić information content (AvgIpc) is 2.92. The van der Waals surface area contributed by atoms with Crippen LogP contribution in [0.5, 0.6) is 0 Å². The van der Waals surface area contributed by atoms with E-state index >= 15 is 0 Å². The fraction of sp³-hybridized carbons (Fsp3) is 0.429. The molecule has 1 saturated heterocycles. The van der Waals surface area contributed by atoms with E-state index in [1.54, 1.807) is 6.07 Å². The maximum Gasteiger partial charge on any atom is 0.325 e. The van der Waals surface area contributed by atoms with Crippen molar-refractivity contribution in [1.29, 1.82) is 0 Å². The molecule has 1 fully saturated rings. The summed E-state index contributed by atoms with van der Waals surface area (Å²) in [6, 6.07) is 6.38. The van der Waals surface area contributed by atoms with Gasteiger partial charge in [0.2, 0.25) is 0 Å². The Morgan fingerprint density at radius 1 is 1.47 bits per heavy atom. The molecule has 1 heterocycles. The van der Waals surface area contributed by atoms with E-state index in [-0.39, 0.29) is 5.91 Å². The smallest absolute Gasteiger partial charge is 0.325 e. The zero-order valence-electron chi connectivity index (χ0n) is 10.8. The summed E-state index contributed by atoms with van der Waals surface area (Å²) in [5.74, 6) is -1.09. The number of carboxylic acid groups (broad SMARTS) is 1. The van der Waals surface area contributed by atoms with Crippen LogP contribution in [0.25, 0.3) is 0 Å². The van der Waals surface area contributed by atoms with Crippen LogP contribution in [0.4, 0.5) is 0 Å². The summed E-state index contributed by atoms with van der Waals surface area (Å²) in [6.45, 7) is 2.86. The highest BCUT2D eigenvalue weighted by atomic mass is 16.5. The SMILES string of the molecule is C[C@H](NC(=O)c1cccc(C2CCOC2)c1)C(=O)O. The fourth-order valence-electron chi connectivity index (χ4n) is 2.07. The summed E-state index contributed by atoms with van der Waals surface area (Å²) >= 11 is 0. The first-order chi connectivity index (χ1) is 9.08. The highest BCUT2D eigenvalue weighted by molar-refractivity contribution is 5.96. The fourth-order valence-corrected chi connectivity index (χ4v) is 2.07. The van der Waals surface area contributed by atoms with Crippen LogP contribution >= 0.6 is 0 Å². The monoisotopic (exact) mass is 263 g/mol. The second-order valence-corrected chi connectivity index (χ2v) is 4.72. The number of hydrogen-bond acceptors (Lipinski definition) is 3. The maximum atomic E-state index is 11.9. The molecule has 1 aromatic carbocycles. The number of nitrogens with one attached hydrogen (secondary N) is 1. The van der Waals surface area contributed by atoms with Gasteiger partial charge in [0.1, 0.15) is 6.04 Å². The third kappa shape index (κ3) is 3.32. The molecule has 0 radical (unpaired) electrons. The van der Waals surface area contributed by atoms with Crippen molar-refractivity contribution in [3.63, 3.8) is 0 Å². The molecule has 5 heteroatoms. The highest BCUT2D eigenvalue weighted by Crippen LogP contribution is 2.25. The molecule has 102 valence electrons. The number of amides is 1. The molecule has 1 aliphatic heterocycles. The topological polar surface area (TPSA) is 75.6 Å². The molecule has 0 bridgehead atoms. The molecule has 0 aromatic heterocycles. The van der Waals surface area contributed by atoms with Gasteiger partial charge in [0, 0.05) is 18.1 Å². The standard InChI is InChI=1S/C14H17NO4/c1-9(14(17)18)15-13(16)11-4-2-3-10(7-11)12-5-6-19-8-12/h2-4,7,9,12H,5-6,8H2,1H3,(H,15,16)(H,17,18)/t9-,12?/m0/s1. The van der Waals surface area contributed by atoms with Gasteiger partial charge in [0.15, 0.2) is 0 Å². The van der Waals surface area contributed by atoms with Crippen LogP contribution < -0.4 is 5.32 Å². The van der Waals surface area contributed by atoms with Crippen molar-refractivity contribution in [3.05, 3.63) is 35.4 Å². The first-order valence-corrected chi connectivity index (χ1v) is 6.29. The Kier molecular flexibility index (Phi) is 4.16. The number of carbonyl (C=O) groups excluding carboxylic acids is 1.